The summed E-state index contributed by atoms with van der Waals surface area (Å²) in [6.45, 7) is 9.87. The highest BCUT2D eigenvalue weighted by molar-refractivity contribution is 5.77. The van der Waals surface area contributed by atoms with E-state index in [1.807, 2.05) is 0 Å². The molecule has 0 unspecified atom stereocenters. The summed E-state index contributed by atoms with van der Waals surface area (Å²) in [5.74, 6) is 0.169. The maximum absolute atomic E-state index is 11.6. The molecule has 2 N–H and O–H groups in total. The van der Waals surface area contributed by atoms with Gasteiger partial charge >= 0.3 is 0 Å². The van der Waals surface area contributed by atoms with E-state index in [1.54, 1.807) is 0 Å². The van der Waals surface area contributed by atoms with Crippen LogP contribution in [-0.2, 0) is 4.79 Å². The third-order valence-corrected chi connectivity index (χ3v) is 3.10. The lowest BCUT2D eigenvalue weighted by molar-refractivity contribution is -0.122. The summed E-state index contributed by atoms with van der Waals surface area (Å²) in [6.07, 6.45) is 3.31. The fourth-order valence-electron chi connectivity index (χ4n) is 2.25. The van der Waals surface area contributed by atoms with Crippen LogP contribution in [0.4, 0.5) is 0 Å². The molecule has 4 nitrogen and oxygen atoms in total. The van der Waals surface area contributed by atoms with Gasteiger partial charge in [0.15, 0.2) is 0 Å². The lowest BCUT2D eigenvalue weighted by atomic mass is 10.0. The van der Waals surface area contributed by atoms with Crippen LogP contribution in [0.15, 0.2) is 0 Å². The molecule has 1 aliphatic heterocycles. The number of carbonyl (C=O) groups excluding carboxylic acids is 1. The predicted octanol–water partition coefficient (Wildman–Crippen LogP) is 0.975. The second-order valence-electron chi connectivity index (χ2n) is 5.22. The van der Waals surface area contributed by atoms with Crippen LogP contribution in [0.5, 0.6) is 0 Å². The molecule has 1 amide bonds. The Morgan fingerprint density at radius 1 is 1.35 bits per heavy atom. The van der Waals surface area contributed by atoms with Gasteiger partial charge in [0.25, 0.3) is 0 Å². The van der Waals surface area contributed by atoms with Crippen molar-refractivity contribution in [2.45, 2.75) is 52.1 Å². The minimum Gasteiger partial charge on any atom is -0.355 e. The van der Waals surface area contributed by atoms with Gasteiger partial charge in [0, 0.05) is 31.7 Å². The summed E-state index contributed by atoms with van der Waals surface area (Å²) in [6, 6.07) is 1.18. The molecule has 0 aromatic rings. The Bertz CT molecular complexity index is 223. The second kappa shape index (κ2) is 7.67. The highest BCUT2D eigenvalue weighted by atomic mass is 16.2. The van der Waals surface area contributed by atoms with E-state index in [0.29, 0.717) is 18.6 Å². The Morgan fingerprint density at radius 2 is 2.00 bits per heavy atom. The average Bonchev–Trinajstić information content (AvgIpc) is 2.28. The topological polar surface area (TPSA) is 44.4 Å². The molecule has 0 saturated carbocycles. The Labute approximate surface area is 105 Å². The van der Waals surface area contributed by atoms with Gasteiger partial charge in [0.2, 0.25) is 5.91 Å². The van der Waals surface area contributed by atoms with Gasteiger partial charge in [-0.3, -0.25) is 9.69 Å². The number of likely N-dealkylation sites (tertiary alicyclic amines) is 1. The normalized spacial score (nSPS) is 18.6. The molecule has 0 aliphatic carbocycles. The van der Waals surface area contributed by atoms with Crippen molar-refractivity contribution in [2.75, 3.05) is 26.2 Å². The molecule has 1 rings (SSSR count). The quantitative estimate of drug-likeness (QED) is 0.728. The molecule has 17 heavy (non-hydrogen) atoms. The number of piperidine rings is 1. The van der Waals surface area contributed by atoms with Gasteiger partial charge in [-0.05, 0) is 19.3 Å². The second-order valence-corrected chi connectivity index (χ2v) is 5.22. The van der Waals surface area contributed by atoms with E-state index in [0.717, 1.165) is 38.9 Å². The van der Waals surface area contributed by atoms with Gasteiger partial charge in [-0.25, -0.2) is 0 Å². The molecule has 1 fully saturated rings. The van der Waals surface area contributed by atoms with Crippen molar-refractivity contribution in [2.24, 2.45) is 0 Å². The van der Waals surface area contributed by atoms with E-state index in [-0.39, 0.29) is 5.91 Å². The predicted molar refractivity (Wildman–Crippen MR) is 71.0 cm³/mol. The first-order chi connectivity index (χ1) is 8.11. The molecule has 4 heteroatoms. The molecule has 0 atom stereocenters. The number of hydrogen-bond donors (Lipinski definition) is 2. The number of carbonyl (C=O) groups is 1. The van der Waals surface area contributed by atoms with Gasteiger partial charge < -0.3 is 10.6 Å². The van der Waals surface area contributed by atoms with Crippen LogP contribution in [-0.4, -0.2) is 49.1 Å². The number of rotatable bonds is 6. The Balaban J connectivity index is 2.16. The van der Waals surface area contributed by atoms with Crippen LogP contribution in [0.25, 0.3) is 0 Å². The standard InChI is InChI=1S/C13H27N3O/c1-4-7-14-13(17)10-16-8-5-12(6-9-16)15-11(2)3/h11-12,15H,4-10H2,1-3H3,(H,14,17). The van der Waals surface area contributed by atoms with E-state index in [9.17, 15) is 4.79 Å². The summed E-state index contributed by atoms with van der Waals surface area (Å²) in [5.41, 5.74) is 0. The van der Waals surface area contributed by atoms with Gasteiger partial charge in [0.1, 0.15) is 0 Å². The molecular formula is C13H27N3O. The number of hydrogen-bond acceptors (Lipinski definition) is 3. The van der Waals surface area contributed by atoms with Crippen molar-refractivity contribution in [3.8, 4) is 0 Å². The van der Waals surface area contributed by atoms with Crippen molar-refractivity contribution < 1.29 is 4.79 Å². The lowest BCUT2D eigenvalue weighted by Crippen LogP contribution is -2.47. The first-order valence-electron chi connectivity index (χ1n) is 6.87. The summed E-state index contributed by atoms with van der Waals surface area (Å²) in [5, 5.41) is 6.49. The molecule has 0 spiro atoms. The van der Waals surface area contributed by atoms with Crippen LogP contribution in [0.3, 0.4) is 0 Å². The van der Waals surface area contributed by atoms with E-state index >= 15 is 0 Å². The SMILES string of the molecule is CCCNC(=O)CN1CCC(NC(C)C)CC1. The summed E-state index contributed by atoms with van der Waals surface area (Å²) < 4.78 is 0. The van der Waals surface area contributed by atoms with Crippen molar-refractivity contribution in [3.63, 3.8) is 0 Å². The van der Waals surface area contributed by atoms with Gasteiger partial charge in [-0.2, -0.15) is 0 Å². The maximum atomic E-state index is 11.6. The maximum Gasteiger partial charge on any atom is 0.234 e. The smallest absolute Gasteiger partial charge is 0.234 e. The Morgan fingerprint density at radius 3 is 2.53 bits per heavy atom. The largest absolute Gasteiger partial charge is 0.355 e. The van der Waals surface area contributed by atoms with Crippen LogP contribution in [0.2, 0.25) is 0 Å². The summed E-state index contributed by atoms with van der Waals surface area (Å²) in [4.78, 5) is 13.8. The zero-order valence-corrected chi connectivity index (χ0v) is 11.5. The van der Waals surface area contributed by atoms with Crippen molar-refractivity contribution in [1.82, 2.24) is 15.5 Å². The van der Waals surface area contributed by atoms with Crippen LogP contribution >= 0.6 is 0 Å². The molecule has 0 bridgehead atoms. The fourth-order valence-corrected chi connectivity index (χ4v) is 2.25. The monoisotopic (exact) mass is 241 g/mol. The van der Waals surface area contributed by atoms with Gasteiger partial charge in [-0.15, -0.1) is 0 Å². The van der Waals surface area contributed by atoms with Gasteiger partial charge in [-0.1, -0.05) is 20.8 Å². The fraction of sp³-hybridized carbons (Fsp3) is 0.923. The van der Waals surface area contributed by atoms with Gasteiger partial charge in [0.05, 0.1) is 6.54 Å². The highest BCUT2D eigenvalue weighted by Gasteiger charge is 2.20. The van der Waals surface area contributed by atoms with Crippen molar-refractivity contribution in [1.29, 1.82) is 0 Å². The zero-order valence-electron chi connectivity index (χ0n) is 11.5. The highest BCUT2D eigenvalue weighted by Crippen LogP contribution is 2.10. The minimum absolute atomic E-state index is 0.169. The number of amides is 1. The van der Waals surface area contributed by atoms with Crippen LogP contribution < -0.4 is 10.6 Å². The molecule has 1 saturated heterocycles. The molecule has 0 radical (unpaired) electrons. The third kappa shape index (κ3) is 6.03. The lowest BCUT2D eigenvalue weighted by Gasteiger charge is -2.32. The first-order valence-corrected chi connectivity index (χ1v) is 6.87. The van der Waals surface area contributed by atoms with E-state index in [4.69, 9.17) is 0 Å². The average molecular weight is 241 g/mol. The van der Waals surface area contributed by atoms with E-state index in [1.165, 1.54) is 0 Å². The Kier molecular flexibility index (Phi) is 6.52. The Hall–Kier alpha value is -0.610. The summed E-state index contributed by atoms with van der Waals surface area (Å²) in [7, 11) is 0. The molecule has 0 aromatic heterocycles. The van der Waals surface area contributed by atoms with E-state index in [2.05, 4.69) is 36.3 Å². The molecular weight excluding hydrogens is 214 g/mol. The number of nitrogens with zero attached hydrogens (tertiary/aromatic N) is 1. The molecule has 1 heterocycles. The van der Waals surface area contributed by atoms with Crippen LogP contribution in [0, 0.1) is 0 Å². The van der Waals surface area contributed by atoms with E-state index < -0.39 is 0 Å². The first kappa shape index (κ1) is 14.5. The zero-order chi connectivity index (χ0) is 12.7. The summed E-state index contributed by atoms with van der Waals surface area (Å²) >= 11 is 0. The number of nitrogens with one attached hydrogen (secondary N) is 2. The van der Waals surface area contributed by atoms with Crippen molar-refractivity contribution in [3.05, 3.63) is 0 Å². The third-order valence-electron chi connectivity index (χ3n) is 3.10. The molecule has 1 aliphatic rings. The van der Waals surface area contributed by atoms with Crippen molar-refractivity contribution >= 4 is 5.91 Å². The molecule has 100 valence electrons. The minimum atomic E-state index is 0.169. The van der Waals surface area contributed by atoms with Crippen LogP contribution in [0.1, 0.15) is 40.0 Å². The molecule has 0 aromatic carbocycles.